The fraction of sp³-hybridized carbons (Fsp3) is 0.467. The number of rotatable bonds is 4. The molecular formula is C15H20N2O4. The number of carboxylic acid groups (broad SMARTS) is 1. The van der Waals surface area contributed by atoms with Gasteiger partial charge in [-0.15, -0.1) is 0 Å². The second-order valence-electron chi connectivity index (χ2n) is 5.32. The maximum atomic E-state index is 12.3. The number of amides is 2. The van der Waals surface area contributed by atoms with Gasteiger partial charge >= 0.3 is 12.0 Å². The van der Waals surface area contributed by atoms with Crippen LogP contribution in [0.1, 0.15) is 18.9 Å². The Labute approximate surface area is 123 Å². The van der Waals surface area contributed by atoms with Crippen LogP contribution in [0.3, 0.4) is 0 Å². The van der Waals surface area contributed by atoms with Crippen molar-refractivity contribution in [1.82, 2.24) is 10.2 Å². The summed E-state index contributed by atoms with van der Waals surface area (Å²) < 4.78 is 5.22. The first kappa shape index (κ1) is 15.3. The molecule has 1 saturated heterocycles. The van der Waals surface area contributed by atoms with Crippen molar-refractivity contribution in [1.29, 1.82) is 0 Å². The monoisotopic (exact) mass is 292 g/mol. The zero-order valence-corrected chi connectivity index (χ0v) is 12.2. The molecule has 0 aliphatic carbocycles. The molecule has 0 radical (unpaired) electrons. The van der Waals surface area contributed by atoms with Gasteiger partial charge in [-0.3, -0.25) is 0 Å². The maximum Gasteiger partial charge on any atom is 0.333 e. The average Bonchev–Trinajstić information content (AvgIpc) is 2.97. The quantitative estimate of drug-likeness (QED) is 0.879. The Hall–Kier alpha value is -2.08. The normalized spacial score (nSPS) is 20.9. The number of methoxy groups -OCH3 is 1. The number of carbonyl (C=O) groups is 2. The van der Waals surface area contributed by atoms with Gasteiger partial charge in [0.1, 0.15) is 0 Å². The Balaban J connectivity index is 2.14. The molecule has 2 atom stereocenters. The van der Waals surface area contributed by atoms with Gasteiger partial charge in [0.25, 0.3) is 0 Å². The fourth-order valence-electron chi connectivity index (χ4n) is 2.42. The predicted octanol–water partition coefficient (Wildman–Crippen LogP) is 1.42. The van der Waals surface area contributed by atoms with Crippen LogP contribution in [0.4, 0.5) is 4.79 Å². The summed E-state index contributed by atoms with van der Waals surface area (Å²) in [7, 11) is 1.61. The lowest BCUT2D eigenvalue weighted by molar-refractivity contribution is -0.144. The molecule has 2 amide bonds. The highest BCUT2D eigenvalue weighted by atomic mass is 16.5. The fourth-order valence-corrected chi connectivity index (χ4v) is 2.42. The highest BCUT2D eigenvalue weighted by Gasteiger charge is 2.39. The first-order chi connectivity index (χ1) is 9.97. The molecule has 1 heterocycles. The van der Waals surface area contributed by atoms with E-state index >= 15 is 0 Å². The second-order valence-corrected chi connectivity index (χ2v) is 5.32. The molecule has 0 spiro atoms. The summed E-state index contributed by atoms with van der Waals surface area (Å²) in [5.74, 6) is -1.09. The van der Waals surface area contributed by atoms with Gasteiger partial charge in [0.15, 0.2) is 5.54 Å². The van der Waals surface area contributed by atoms with Crippen LogP contribution in [0.5, 0.6) is 0 Å². The van der Waals surface area contributed by atoms with Gasteiger partial charge in [0.05, 0.1) is 6.10 Å². The Kier molecular flexibility index (Phi) is 4.47. The smallest absolute Gasteiger partial charge is 0.333 e. The van der Waals surface area contributed by atoms with E-state index in [0.717, 1.165) is 6.42 Å². The lowest BCUT2D eigenvalue weighted by atomic mass is 9.92. The van der Waals surface area contributed by atoms with Crippen LogP contribution < -0.4 is 5.32 Å². The summed E-state index contributed by atoms with van der Waals surface area (Å²) in [6.45, 7) is 2.54. The van der Waals surface area contributed by atoms with E-state index in [9.17, 15) is 14.7 Å². The SMILES string of the molecule is COC1CCN(C(=O)NC(C)(C(=O)O)c2ccccc2)C1. The molecule has 1 fully saturated rings. The number of aliphatic carboxylic acids is 1. The highest BCUT2D eigenvalue weighted by molar-refractivity contribution is 5.87. The molecule has 6 heteroatoms. The predicted molar refractivity (Wildman–Crippen MR) is 76.9 cm³/mol. The number of carbonyl (C=O) groups excluding carboxylic acids is 1. The first-order valence-corrected chi connectivity index (χ1v) is 6.86. The van der Waals surface area contributed by atoms with Crippen molar-refractivity contribution in [3.63, 3.8) is 0 Å². The Morgan fingerprint density at radius 3 is 2.57 bits per heavy atom. The largest absolute Gasteiger partial charge is 0.479 e. The lowest BCUT2D eigenvalue weighted by Crippen LogP contribution is -2.53. The van der Waals surface area contributed by atoms with Crippen molar-refractivity contribution in [3.8, 4) is 0 Å². The molecule has 2 N–H and O–H groups in total. The van der Waals surface area contributed by atoms with Crippen LogP contribution in [0, 0.1) is 0 Å². The molecule has 1 aliphatic heterocycles. The molecule has 0 saturated carbocycles. The molecule has 114 valence electrons. The number of nitrogens with zero attached hydrogens (tertiary/aromatic N) is 1. The third-order valence-electron chi connectivity index (χ3n) is 3.90. The Morgan fingerprint density at radius 1 is 1.38 bits per heavy atom. The van der Waals surface area contributed by atoms with Crippen molar-refractivity contribution < 1.29 is 19.4 Å². The molecule has 1 aromatic rings. The van der Waals surface area contributed by atoms with Gasteiger partial charge in [-0.05, 0) is 18.9 Å². The lowest BCUT2D eigenvalue weighted by Gasteiger charge is -2.29. The molecule has 2 rings (SSSR count). The van der Waals surface area contributed by atoms with E-state index in [1.807, 2.05) is 0 Å². The number of nitrogens with one attached hydrogen (secondary N) is 1. The van der Waals surface area contributed by atoms with E-state index in [0.29, 0.717) is 18.7 Å². The van der Waals surface area contributed by atoms with E-state index in [2.05, 4.69) is 5.32 Å². The number of benzene rings is 1. The van der Waals surface area contributed by atoms with Crippen molar-refractivity contribution in [3.05, 3.63) is 35.9 Å². The number of likely N-dealkylation sites (tertiary alicyclic amines) is 1. The van der Waals surface area contributed by atoms with Crippen LogP contribution in [0.2, 0.25) is 0 Å². The van der Waals surface area contributed by atoms with E-state index in [-0.39, 0.29) is 12.1 Å². The molecule has 6 nitrogen and oxygen atoms in total. The Bertz CT molecular complexity index is 520. The van der Waals surface area contributed by atoms with Crippen LogP contribution in [0.15, 0.2) is 30.3 Å². The van der Waals surface area contributed by atoms with Crippen LogP contribution in [0.25, 0.3) is 0 Å². The summed E-state index contributed by atoms with van der Waals surface area (Å²) in [6, 6.07) is 8.30. The minimum absolute atomic E-state index is 0.0172. The third kappa shape index (κ3) is 3.16. The third-order valence-corrected chi connectivity index (χ3v) is 3.90. The molecule has 0 bridgehead atoms. The summed E-state index contributed by atoms with van der Waals surface area (Å²) in [5, 5.41) is 12.1. The van der Waals surface area contributed by atoms with Gasteiger partial charge in [0.2, 0.25) is 0 Å². The molecule has 1 aliphatic rings. The van der Waals surface area contributed by atoms with Crippen LogP contribution in [-0.4, -0.2) is 48.3 Å². The molecule has 21 heavy (non-hydrogen) atoms. The van der Waals surface area contributed by atoms with E-state index < -0.39 is 11.5 Å². The van der Waals surface area contributed by atoms with Crippen molar-refractivity contribution >= 4 is 12.0 Å². The van der Waals surface area contributed by atoms with Gasteiger partial charge in [0, 0.05) is 20.2 Å². The van der Waals surface area contributed by atoms with E-state index in [1.165, 1.54) is 6.92 Å². The van der Waals surface area contributed by atoms with Crippen LogP contribution in [-0.2, 0) is 15.1 Å². The van der Waals surface area contributed by atoms with Gasteiger partial charge in [-0.2, -0.15) is 0 Å². The Morgan fingerprint density at radius 2 is 2.05 bits per heavy atom. The second kappa shape index (κ2) is 6.13. The van der Waals surface area contributed by atoms with Crippen molar-refractivity contribution in [2.24, 2.45) is 0 Å². The molecule has 1 aromatic carbocycles. The summed E-state index contributed by atoms with van der Waals surface area (Å²) in [6.07, 6.45) is 0.780. The molecule has 2 unspecified atom stereocenters. The number of hydrogen-bond donors (Lipinski definition) is 2. The summed E-state index contributed by atoms with van der Waals surface area (Å²) in [5.41, 5.74) is -0.919. The molecule has 0 aromatic heterocycles. The standard InChI is InChI=1S/C15H20N2O4/c1-15(13(18)19,11-6-4-3-5-7-11)16-14(20)17-9-8-12(10-17)21-2/h3-7,12H,8-10H2,1-2H3,(H,16,20)(H,18,19). The maximum absolute atomic E-state index is 12.3. The number of urea groups is 1. The summed E-state index contributed by atoms with van der Waals surface area (Å²) in [4.78, 5) is 25.5. The van der Waals surface area contributed by atoms with E-state index in [1.54, 1.807) is 42.3 Å². The van der Waals surface area contributed by atoms with Gasteiger partial charge < -0.3 is 20.1 Å². The average molecular weight is 292 g/mol. The zero-order chi connectivity index (χ0) is 15.5. The number of carboxylic acids is 1. The number of ether oxygens (including phenoxy) is 1. The topological polar surface area (TPSA) is 78.9 Å². The highest BCUT2D eigenvalue weighted by Crippen LogP contribution is 2.22. The van der Waals surface area contributed by atoms with Crippen molar-refractivity contribution in [2.45, 2.75) is 25.0 Å². The number of hydrogen-bond acceptors (Lipinski definition) is 3. The van der Waals surface area contributed by atoms with Gasteiger partial charge in [-0.1, -0.05) is 30.3 Å². The van der Waals surface area contributed by atoms with Crippen LogP contribution >= 0.6 is 0 Å². The zero-order valence-electron chi connectivity index (χ0n) is 12.2. The summed E-state index contributed by atoms with van der Waals surface area (Å²) >= 11 is 0. The minimum Gasteiger partial charge on any atom is -0.479 e. The van der Waals surface area contributed by atoms with Crippen molar-refractivity contribution in [2.75, 3.05) is 20.2 Å². The first-order valence-electron chi connectivity index (χ1n) is 6.86. The van der Waals surface area contributed by atoms with E-state index in [4.69, 9.17) is 4.74 Å². The minimum atomic E-state index is -1.45. The van der Waals surface area contributed by atoms with Gasteiger partial charge in [-0.25, -0.2) is 9.59 Å². The molecular weight excluding hydrogens is 272 g/mol.